The molecule has 25 heavy (non-hydrogen) atoms. The van der Waals surface area contributed by atoms with Crippen molar-refractivity contribution >= 4 is 5.91 Å². The van der Waals surface area contributed by atoms with E-state index in [0.29, 0.717) is 19.5 Å². The Kier molecular flexibility index (Phi) is 4.81. The third-order valence-corrected chi connectivity index (χ3v) is 5.40. The van der Waals surface area contributed by atoms with E-state index in [2.05, 4.69) is 0 Å². The molecule has 2 heterocycles. The van der Waals surface area contributed by atoms with Crippen molar-refractivity contribution in [3.8, 4) is 0 Å². The predicted octanol–water partition coefficient (Wildman–Crippen LogP) is 2.39. The van der Waals surface area contributed by atoms with Gasteiger partial charge >= 0.3 is 6.18 Å². The minimum Gasteiger partial charge on any atom is -0.394 e. The summed E-state index contributed by atoms with van der Waals surface area (Å²) in [4.78, 5) is 15.8. The van der Waals surface area contributed by atoms with E-state index in [9.17, 15) is 23.1 Å². The number of rotatable bonds is 5. The first kappa shape index (κ1) is 18.2. The Morgan fingerprint density at radius 1 is 1.28 bits per heavy atom. The van der Waals surface area contributed by atoms with Gasteiger partial charge in [-0.05, 0) is 5.56 Å². The van der Waals surface area contributed by atoms with E-state index in [1.807, 2.05) is 30.3 Å². The Morgan fingerprint density at radius 2 is 1.92 bits per heavy atom. The van der Waals surface area contributed by atoms with Crippen LogP contribution >= 0.6 is 0 Å². The average molecular weight is 356 g/mol. The lowest BCUT2D eigenvalue weighted by Crippen LogP contribution is -2.85. The van der Waals surface area contributed by atoms with E-state index in [1.165, 1.54) is 0 Å². The van der Waals surface area contributed by atoms with Crippen molar-refractivity contribution in [2.75, 3.05) is 26.2 Å². The molecular weight excluding hydrogens is 333 g/mol. The van der Waals surface area contributed by atoms with Crippen molar-refractivity contribution < 1.29 is 23.1 Å². The molecule has 0 unspecified atom stereocenters. The number of aliphatic hydroxyl groups is 1. The van der Waals surface area contributed by atoms with Gasteiger partial charge in [0.05, 0.1) is 24.6 Å². The van der Waals surface area contributed by atoms with Crippen molar-refractivity contribution in [2.45, 2.75) is 43.4 Å². The molecule has 0 aromatic heterocycles. The van der Waals surface area contributed by atoms with Crippen LogP contribution in [0.25, 0.3) is 0 Å². The van der Waals surface area contributed by atoms with Gasteiger partial charge in [-0.25, -0.2) is 0 Å². The average Bonchev–Trinajstić information content (AvgIpc) is 2.52. The number of carbonyl (C=O) groups excluding carboxylic acids is 1. The summed E-state index contributed by atoms with van der Waals surface area (Å²) in [5.74, 6) is -0.0990. The van der Waals surface area contributed by atoms with Crippen molar-refractivity contribution in [1.29, 1.82) is 0 Å². The van der Waals surface area contributed by atoms with Gasteiger partial charge < -0.3 is 10.0 Å². The molecule has 4 nitrogen and oxygen atoms in total. The highest BCUT2D eigenvalue weighted by atomic mass is 19.4. The largest absolute Gasteiger partial charge is 0.394 e. The van der Waals surface area contributed by atoms with E-state index in [-0.39, 0.29) is 31.0 Å². The van der Waals surface area contributed by atoms with Gasteiger partial charge in [-0.2, -0.15) is 13.2 Å². The number of carbonyl (C=O) groups is 1. The number of alkyl halides is 3. The quantitative estimate of drug-likeness (QED) is 0.881. The zero-order valence-electron chi connectivity index (χ0n) is 14.2. The number of nitrogens with zero attached hydrogens (tertiary/aromatic N) is 2. The van der Waals surface area contributed by atoms with Gasteiger partial charge in [-0.1, -0.05) is 37.3 Å². The molecule has 138 valence electrons. The second-order valence-electron chi connectivity index (χ2n) is 6.93. The van der Waals surface area contributed by atoms with Gasteiger partial charge in [0.1, 0.15) is 0 Å². The fourth-order valence-corrected chi connectivity index (χ4v) is 4.41. The molecular formula is C18H23F3N2O2. The molecule has 2 saturated heterocycles. The van der Waals surface area contributed by atoms with Crippen LogP contribution in [0.4, 0.5) is 13.2 Å². The Bertz CT molecular complexity index is 614. The number of hydrogen-bond acceptors (Lipinski definition) is 3. The van der Waals surface area contributed by atoms with Crippen molar-refractivity contribution in [3.63, 3.8) is 0 Å². The number of amides is 1. The molecule has 0 saturated carbocycles. The van der Waals surface area contributed by atoms with Crippen LogP contribution in [0, 0.1) is 0 Å². The third kappa shape index (κ3) is 3.15. The lowest BCUT2D eigenvalue weighted by atomic mass is 9.60. The van der Waals surface area contributed by atoms with Crippen LogP contribution in [0.1, 0.15) is 31.2 Å². The highest BCUT2D eigenvalue weighted by Crippen LogP contribution is 2.54. The summed E-state index contributed by atoms with van der Waals surface area (Å²) in [7, 11) is 0. The van der Waals surface area contributed by atoms with E-state index >= 15 is 0 Å². The zero-order chi connectivity index (χ0) is 18.2. The van der Waals surface area contributed by atoms with E-state index in [0.717, 1.165) is 5.56 Å². The molecule has 1 amide bonds. The molecule has 2 aliphatic rings. The fourth-order valence-electron chi connectivity index (χ4n) is 4.41. The topological polar surface area (TPSA) is 43.8 Å². The van der Waals surface area contributed by atoms with Gasteiger partial charge in [0, 0.05) is 32.0 Å². The second kappa shape index (κ2) is 6.61. The second-order valence-corrected chi connectivity index (χ2v) is 6.93. The molecule has 1 aromatic carbocycles. The van der Waals surface area contributed by atoms with Crippen LogP contribution < -0.4 is 0 Å². The molecule has 1 N–H and O–H groups in total. The maximum Gasteiger partial charge on any atom is 0.390 e. The molecule has 0 radical (unpaired) electrons. The predicted molar refractivity (Wildman–Crippen MR) is 87.0 cm³/mol. The minimum atomic E-state index is -4.17. The Hall–Kier alpha value is -1.60. The minimum absolute atomic E-state index is 0.0451. The molecule has 1 spiro atoms. The van der Waals surface area contributed by atoms with Crippen molar-refractivity contribution in [3.05, 3.63) is 35.9 Å². The van der Waals surface area contributed by atoms with Crippen LogP contribution in [-0.4, -0.2) is 64.8 Å². The highest BCUT2D eigenvalue weighted by molar-refractivity contribution is 5.79. The van der Waals surface area contributed by atoms with Crippen LogP contribution in [-0.2, 0) is 4.79 Å². The van der Waals surface area contributed by atoms with E-state index in [4.69, 9.17) is 0 Å². The molecule has 0 bridgehead atoms. The third-order valence-electron chi connectivity index (χ3n) is 5.40. The van der Waals surface area contributed by atoms with Gasteiger partial charge in [0.25, 0.3) is 0 Å². The van der Waals surface area contributed by atoms with Crippen LogP contribution in [0.5, 0.6) is 0 Å². The number of halogens is 3. The number of benzene rings is 1. The Balaban J connectivity index is 1.79. The van der Waals surface area contributed by atoms with Crippen molar-refractivity contribution in [1.82, 2.24) is 9.80 Å². The first-order valence-electron chi connectivity index (χ1n) is 8.59. The van der Waals surface area contributed by atoms with Crippen LogP contribution in [0.15, 0.2) is 30.3 Å². The molecule has 1 aromatic rings. The van der Waals surface area contributed by atoms with Gasteiger partial charge in [0.2, 0.25) is 5.91 Å². The first-order chi connectivity index (χ1) is 11.8. The first-order valence-corrected chi connectivity index (χ1v) is 8.59. The summed E-state index contributed by atoms with van der Waals surface area (Å²) in [6.07, 6.45) is -4.69. The molecule has 7 heteroatoms. The summed E-state index contributed by atoms with van der Waals surface area (Å²) >= 11 is 0. The molecule has 0 aliphatic carbocycles. The van der Waals surface area contributed by atoms with Gasteiger partial charge in [-0.3, -0.25) is 9.69 Å². The summed E-state index contributed by atoms with van der Waals surface area (Å²) in [6, 6.07) is 9.32. The van der Waals surface area contributed by atoms with Crippen LogP contribution in [0.2, 0.25) is 0 Å². The smallest absolute Gasteiger partial charge is 0.390 e. The standard InChI is InChI=1S/C18H23F3N2O2/c1-2-15(25)23-14(10-24)16(13-6-4-3-5-7-13)17(23)11-22(12-17)9-8-18(19,20)21/h3-7,14,16,24H,2,8-12H2,1H3/t14-,16-/m1/s1. The maximum absolute atomic E-state index is 12.5. The maximum atomic E-state index is 12.5. The lowest BCUT2D eigenvalue weighted by molar-refractivity contribution is -0.205. The molecule has 2 aliphatic heterocycles. The summed E-state index contributed by atoms with van der Waals surface area (Å²) < 4.78 is 37.4. The lowest BCUT2D eigenvalue weighted by Gasteiger charge is -2.70. The molecule has 2 atom stereocenters. The highest BCUT2D eigenvalue weighted by Gasteiger charge is 2.66. The Morgan fingerprint density at radius 3 is 2.44 bits per heavy atom. The monoisotopic (exact) mass is 356 g/mol. The summed E-state index contributed by atoms with van der Waals surface area (Å²) in [6.45, 7) is 2.41. The molecule has 2 fully saturated rings. The van der Waals surface area contributed by atoms with Gasteiger partial charge in [-0.15, -0.1) is 0 Å². The Labute approximate surface area is 145 Å². The van der Waals surface area contributed by atoms with Gasteiger partial charge in [0.15, 0.2) is 0 Å². The normalized spacial score (nSPS) is 25.6. The number of likely N-dealkylation sites (tertiary alicyclic amines) is 2. The van der Waals surface area contributed by atoms with E-state index < -0.39 is 18.1 Å². The van der Waals surface area contributed by atoms with Crippen molar-refractivity contribution in [2.24, 2.45) is 0 Å². The van der Waals surface area contributed by atoms with Crippen LogP contribution in [0.3, 0.4) is 0 Å². The summed E-state index contributed by atoms with van der Waals surface area (Å²) in [5.41, 5.74) is 0.533. The summed E-state index contributed by atoms with van der Waals surface area (Å²) in [5, 5.41) is 9.80. The van der Waals surface area contributed by atoms with E-state index in [1.54, 1.807) is 16.7 Å². The number of hydrogen-bond donors (Lipinski definition) is 1. The number of aliphatic hydroxyl groups excluding tert-OH is 1. The molecule has 3 rings (SSSR count). The zero-order valence-corrected chi connectivity index (χ0v) is 14.2. The fraction of sp³-hybridized carbons (Fsp3) is 0.611. The SMILES string of the molecule is CCC(=O)N1[C@H](CO)[C@@H](c2ccccc2)C12CN(CCC(F)(F)F)C2.